The Hall–Kier alpha value is -2.60. The third kappa shape index (κ3) is 4.81. The Morgan fingerprint density at radius 1 is 1.07 bits per heavy atom. The van der Waals surface area contributed by atoms with Crippen LogP contribution in [0.15, 0.2) is 64.5 Å². The largest absolute Gasteiger partial charge is 0.325 e. The smallest absolute Gasteiger partial charge is 0.262 e. The van der Waals surface area contributed by atoms with Gasteiger partial charge < -0.3 is 5.32 Å². The molecule has 1 aromatic heterocycles. The third-order valence-corrected chi connectivity index (χ3v) is 5.54. The summed E-state index contributed by atoms with van der Waals surface area (Å²) in [5.74, 6) is 0.351. The Morgan fingerprint density at radius 2 is 1.75 bits per heavy atom. The fourth-order valence-corrected chi connectivity index (χ4v) is 3.73. The first kappa shape index (κ1) is 20.1. The molecule has 0 aliphatic heterocycles. The third-order valence-electron chi connectivity index (χ3n) is 4.45. The maximum Gasteiger partial charge on any atom is 0.262 e. The van der Waals surface area contributed by atoms with E-state index in [4.69, 9.17) is 0 Å². The summed E-state index contributed by atoms with van der Waals surface area (Å²) in [4.78, 5) is 30.3. The number of rotatable bonds is 7. The highest BCUT2D eigenvalue weighted by Gasteiger charge is 2.19. The van der Waals surface area contributed by atoms with Crippen LogP contribution in [0.5, 0.6) is 0 Å². The van der Waals surface area contributed by atoms with Crippen LogP contribution in [0, 0.1) is 5.92 Å². The number of carbonyl (C=O) groups is 1. The van der Waals surface area contributed by atoms with Crippen LogP contribution in [0.4, 0.5) is 5.69 Å². The van der Waals surface area contributed by atoms with Crippen molar-refractivity contribution < 1.29 is 4.79 Å². The van der Waals surface area contributed by atoms with Gasteiger partial charge in [-0.2, -0.15) is 0 Å². The molecule has 146 valence electrons. The fourth-order valence-electron chi connectivity index (χ4n) is 2.80. The van der Waals surface area contributed by atoms with E-state index in [0.717, 1.165) is 12.1 Å². The maximum absolute atomic E-state index is 13.0. The summed E-state index contributed by atoms with van der Waals surface area (Å²) >= 11 is 1.32. The van der Waals surface area contributed by atoms with Crippen molar-refractivity contribution in [3.8, 4) is 0 Å². The minimum Gasteiger partial charge on any atom is -0.325 e. The number of nitrogens with one attached hydrogen (secondary N) is 1. The van der Waals surface area contributed by atoms with Gasteiger partial charge in [0.25, 0.3) is 5.56 Å². The Balaban J connectivity index is 1.88. The van der Waals surface area contributed by atoms with Gasteiger partial charge in [-0.05, 0) is 43.5 Å². The SMILES string of the molecule is CC(C)CCn1c(S[C@@H](C)C(=O)Nc2ccccc2)nc2ccccc2c1=O. The van der Waals surface area contributed by atoms with Crippen LogP contribution in [0.1, 0.15) is 27.2 Å². The van der Waals surface area contributed by atoms with E-state index in [1.807, 2.05) is 55.5 Å². The highest BCUT2D eigenvalue weighted by molar-refractivity contribution is 8.00. The lowest BCUT2D eigenvalue weighted by Crippen LogP contribution is -2.27. The molecule has 28 heavy (non-hydrogen) atoms. The number of fused-ring (bicyclic) bond motifs is 1. The van der Waals surface area contributed by atoms with Crippen LogP contribution in [-0.2, 0) is 11.3 Å². The molecule has 1 N–H and O–H groups in total. The lowest BCUT2D eigenvalue weighted by Gasteiger charge is -2.17. The number of para-hydroxylation sites is 2. The Morgan fingerprint density at radius 3 is 2.46 bits per heavy atom. The second-order valence-electron chi connectivity index (χ2n) is 7.17. The molecule has 0 bridgehead atoms. The minimum absolute atomic E-state index is 0.0515. The highest BCUT2D eigenvalue weighted by atomic mass is 32.2. The van der Waals surface area contributed by atoms with Crippen LogP contribution in [0.3, 0.4) is 0 Å². The van der Waals surface area contributed by atoms with Gasteiger partial charge >= 0.3 is 0 Å². The van der Waals surface area contributed by atoms with E-state index in [1.54, 1.807) is 10.6 Å². The van der Waals surface area contributed by atoms with E-state index >= 15 is 0 Å². The molecule has 0 aliphatic rings. The topological polar surface area (TPSA) is 64.0 Å². The number of aromatic nitrogens is 2. The molecular formula is C22H25N3O2S. The molecule has 6 heteroatoms. The number of nitrogens with zero attached hydrogens (tertiary/aromatic N) is 2. The molecule has 1 amide bonds. The van der Waals surface area contributed by atoms with Crippen molar-refractivity contribution in [2.75, 3.05) is 5.32 Å². The monoisotopic (exact) mass is 395 g/mol. The summed E-state index contributed by atoms with van der Waals surface area (Å²) in [6.07, 6.45) is 0.873. The molecule has 2 aromatic carbocycles. The van der Waals surface area contributed by atoms with Crippen LogP contribution in [-0.4, -0.2) is 20.7 Å². The van der Waals surface area contributed by atoms with Gasteiger partial charge in [0.15, 0.2) is 5.16 Å². The van der Waals surface area contributed by atoms with Gasteiger partial charge in [-0.1, -0.05) is 55.9 Å². The maximum atomic E-state index is 13.0. The highest BCUT2D eigenvalue weighted by Crippen LogP contribution is 2.24. The van der Waals surface area contributed by atoms with Crippen molar-refractivity contribution in [2.24, 2.45) is 5.92 Å². The van der Waals surface area contributed by atoms with E-state index < -0.39 is 5.25 Å². The second kappa shape index (κ2) is 9.06. The summed E-state index contributed by atoms with van der Waals surface area (Å²) < 4.78 is 1.71. The predicted molar refractivity (Wildman–Crippen MR) is 116 cm³/mol. The predicted octanol–water partition coefficient (Wildman–Crippen LogP) is 4.56. The van der Waals surface area contributed by atoms with Crippen molar-refractivity contribution in [3.05, 3.63) is 65.0 Å². The second-order valence-corrected chi connectivity index (χ2v) is 8.47. The zero-order valence-electron chi connectivity index (χ0n) is 16.4. The molecule has 0 fully saturated rings. The summed E-state index contributed by atoms with van der Waals surface area (Å²) in [6, 6.07) is 16.7. The lowest BCUT2D eigenvalue weighted by molar-refractivity contribution is -0.115. The van der Waals surface area contributed by atoms with E-state index in [2.05, 4.69) is 24.1 Å². The van der Waals surface area contributed by atoms with Crippen LogP contribution < -0.4 is 10.9 Å². The first-order valence-corrected chi connectivity index (χ1v) is 10.4. The first-order chi connectivity index (χ1) is 13.5. The molecule has 3 rings (SSSR count). The van der Waals surface area contributed by atoms with E-state index in [1.165, 1.54) is 11.8 Å². The molecule has 0 spiro atoms. The van der Waals surface area contributed by atoms with E-state index in [9.17, 15) is 9.59 Å². The summed E-state index contributed by atoms with van der Waals surface area (Å²) in [7, 11) is 0. The number of thioether (sulfide) groups is 1. The Labute approximate surface area is 169 Å². The molecule has 1 atom stereocenters. The molecule has 0 radical (unpaired) electrons. The minimum atomic E-state index is -0.390. The molecule has 0 unspecified atom stereocenters. The number of benzene rings is 2. The fraction of sp³-hybridized carbons (Fsp3) is 0.318. The quantitative estimate of drug-likeness (QED) is 0.470. The van der Waals surface area contributed by atoms with Crippen LogP contribution in [0.25, 0.3) is 10.9 Å². The van der Waals surface area contributed by atoms with E-state index in [0.29, 0.717) is 28.5 Å². The van der Waals surface area contributed by atoms with Crippen molar-refractivity contribution in [1.82, 2.24) is 9.55 Å². The van der Waals surface area contributed by atoms with Gasteiger partial charge in [0.2, 0.25) is 5.91 Å². The van der Waals surface area contributed by atoms with Gasteiger partial charge in [-0.3, -0.25) is 14.2 Å². The average Bonchev–Trinajstić information content (AvgIpc) is 2.68. The number of anilines is 1. The normalized spacial score (nSPS) is 12.3. The molecule has 5 nitrogen and oxygen atoms in total. The molecule has 0 saturated heterocycles. The van der Waals surface area contributed by atoms with Crippen molar-refractivity contribution >= 4 is 34.3 Å². The van der Waals surface area contributed by atoms with Gasteiger partial charge in [0.05, 0.1) is 16.2 Å². The zero-order chi connectivity index (χ0) is 20.1. The molecule has 0 saturated carbocycles. The average molecular weight is 396 g/mol. The van der Waals surface area contributed by atoms with Crippen LogP contribution >= 0.6 is 11.8 Å². The van der Waals surface area contributed by atoms with Gasteiger partial charge in [-0.15, -0.1) is 0 Å². The van der Waals surface area contributed by atoms with Crippen molar-refractivity contribution in [3.63, 3.8) is 0 Å². The van der Waals surface area contributed by atoms with Gasteiger partial charge in [0.1, 0.15) is 0 Å². The molecule has 0 aliphatic carbocycles. The van der Waals surface area contributed by atoms with Crippen LogP contribution in [0.2, 0.25) is 0 Å². The van der Waals surface area contributed by atoms with E-state index in [-0.39, 0.29) is 11.5 Å². The first-order valence-electron chi connectivity index (χ1n) is 9.48. The number of hydrogen-bond donors (Lipinski definition) is 1. The molecule has 1 heterocycles. The molecule has 3 aromatic rings. The van der Waals surface area contributed by atoms with Gasteiger partial charge in [0, 0.05) is 12.2 Å². The standard InChI is InChI=1S/C22H25N3O2S/c1-15(2)13-14-25-21(27)18-11-7-8-12-19(18)24-22(25)28-16(3)20(26)23-17-9-5-4-6-10-17/h4-12,15-16H,13-14H2,1-3H3,(H,23,26)/t16-/m0/s1. The summed E-state index contributed by atoms with van der Waals surface area (Å²) in [5, 5.41) is 3.71. The number of carbonyl (C=O) groups excluding carboxylic acids is 1. The summed E-state index contributed by atoms with van der Waals surface area (Å²) in [5.41, 5.74) is 1.36. The number of hydrogen-bond acceptors (Lipinski definition) is 4. The zero-order valence-corrected chi connectivity index (χ0v) is 17.2. The van der Waals surface area contributed by atoms with Crippen molar-refractivity contribution in [2.45, 2.75) is 44.1 Å². The lowest BCUT2D eigenvalue weighted by atomic mass is 10.1. The Kier molecular flexibility index (Phi) is 6.52. The van der Waals surface area contributed by atoms with Gasteiger partial charge in [-0.25, -0.2) is 4.98 Å². The summed E-state index contributed by atoms with van der Waals surface area (Å²) in [6.45, 7) is 6.67. The Bertz CT molecular complexity index is 1020. The number of amides is 1. The molecular weight excluding hydrogens is 370 g/mol. The van der Waals surface area contributed by atoms with Crippen molar-refractivity contribution in [1.29, 1.82) is 0 Å².